The third kappa shape index (κ3) is 2.55. The molecule has 0 radical (unpaired) electrons. The fourth-order valence-electron chi connectivity index (χ4n) is 3.17. The largest absolute Gasteiger partial charge is 0.313 e. The number of halogens is 1. The minimum Gasteiger partial charge on any atom is -0.313 e. The van der Waals surface area contributed by atoms with E-state index in [2.05, 4.69) is 77.7 Å². The summed E-state index contributed by atoms with van der Waals surface area (Å²) in [5.41, 5.74) is 5.72. The molecule has 2 heteroatoms. The van der Waals surface area contributed by atoms with Crippen LogP contribution in [0.15, 0.2) is 46.9 Å². The molecule has 1 aliphatic carbocycles. The quantitative estimate of drug-likeness (QED) is 0.853. The molecule has 3 rings (SSSR count). The summed E-state index contributed by atoms with van der Waals surface area (Å²) in [7, 11) is 2.06. The molecule has 1 aliphatic rings. The van der Waals surface area contributed by atoms with Gasteiger partial charge in [0.2, 0.25) is 0 Å². The monoisotopic (exact) mass is 329 g/mol. The lowest BCUT2D eigenvalue weighted by molar-refractivity contribution is 0.451. The molecule has 0 aliphatic heterocycles. The Kier molecular flexibility index (Phi) is 3.95. The van der Waals surface area contributed by atoms with Gasteiger partial charge < -0.3 is 5.32 Å². The van der Waals surface area contributed by atoms with Crippen LogP contribution in [0.5, 0.6) is 0 Å². The number of fused-ring (bicyclic) bond motifs is 1. The maximum atomic E-state index is 3.71. The summed E-state index contributed by atoms with van der Waals surface area (Å²) in [5, 5.41) is 3.48. The van der Waals surface area contributed by atoms with E-state index < -0.39 is 0 Å². The lowest BCUT2D eigenvalue weighted by atomic mass is 9.74. The summed E-state index contributed by atoms with van der Waals surface area (Å²) >= 11 is 3.71. The summed E-state index contributed by atoms with van der Waals surface area (Å²) in [6.45, 7) is 2.13. The smallest absolute Gasteiger partial charge is 0.0334 e. The zero-order valence-corrected chi connectivity index (χ0v) is 13.6. The highest BCUT2D eigenvalue weighted by atomic mass is 79.9. The molecule has 20 heavy (non-hydrogen) atoms. The predicted molar refractivity (Wildman–Crippen MR) is 88.2 cm³/mol. The van der Waals surface area contributed by atoms with Crippen LogP contribution in [0.4, 0.5) is 0 Å². The molecule has 0 amide bonds. The van der Waals surface area contributed by atoms with E-state index in [0.29, 0.717) is 12.0 Å². The van der Waals surface area contributed by atoms with E-state index >= 15 is 0 Å². The SMILES string of the molecule is CNC(CC1Cc2ccccc21)c1ccc(C)cc1Br. The van der Waals surface area contributed by atoms with Crippen molar-refractivity contribution in [2.75, 3.05) is 7.05 Å². The van der Waals surface area contributed by atoms with Gasteiger partial charge in [-0.25, -0.2) is 0 Å². The standard InChI is InChI=1S/C18H20BrN/c1-12-7-8-16(17(19)9-12)18(20-2)11-14-10-13-5-3-4-6-15(13)14/h3-9,14,18,20H,10-11H2,1-2H3. The average Bonchev–Trinajstić information content (AvgIpc) is 2.41. The van der Waals surface area contributed by atoms with Gasteiger partial charge in [0.15, 0.2) is 0 Å². The first-order chi connectivity index (χ1) is 9.69. The molecular weight excluding hydrogens is 310 g/mol. The Labute approximate surface area is 129 Å². The molecule has 0 aromatic heterocycles. The van der Waals surface area contributed by atoms with E-state index in [1.807, 2.05) is 0 Å². The van der Waals surface area contributed by atoms with Crippen molar-refractivity contribution >= 4 is 15.9 Å². The molecule has 2 aromatic rings. The van der Waals surface area contributed by atoms with E-state index in [1.54, 1.807) is 0 Å². The molecule has 0 spiro atoms. The maximum absolute atomic E-state index is 3.71. The Morgan fingerprint density at radius 3 is 2.75 bits per heavy atom. The zero-order valence-electron chi connectivity index (χ0n) is 12.0. The van der Waals surface area contributed by atoms with Crippen LogP contribution in [0.1, 0.15) is 40.6 Å². The molecule has 0 bridgehead atoms. The Morgan fingerprint density at radius 2 is 2.05 bits per heavy atom. The second-order valence-corrected chi connectivity index (χ2v) is 6.56. The van der Waals surface area contributed by atoms with Crippen LogP contribution in [-0.4, -0.2) is 7.05 Å². The lowest BCUT2D eigenvalue weighted by Crippen LogP contribution is -2.25. The van der Waals surface area contributed by atoms with Gasteiger partial charge in [0, 0.05) is 10.5 Å². The Bertz CT molecular complexity index is 621. The number of hydrogen-bond donors (Lipinski definition) is 1. The van der Waals surface area contributed by atoms with Crippen LogP contribution in [0.25, 0.3) is 0 Å². The normalized spacial score (nSPS) is 18.2. The van der Waals surface area contributed by atoms with Crippen molar-refractivity contribution in [3.8, 4) is 0 Å². The van der Waals surface area contributed by atoms with Gasteiger partial charge in [-0.05, 0) is 61.1 Å². The van der Waals surface area contributed by atoms with Crippen molar-refractivity contribution in [3.63, 3.8) is 0 Å². The number of nitrogens with one attached hydrogen (secondary N) is 1. The van der Waals surface area contributed by atoms with Gasteiger partial charge in [0.25, 0.3) is 0 Å². The van der Waals surface area contributed by atoms with Crippen LogP contribution in [0.3, 0.4) is 0 Å². The van der Waals surface area contributed by atoms with Gasteiger partial charge in [-0.1, -0.05) is 52.3 Å². The number of hydrogen-bond acceptors (Lipinski definition) is 1. The molecule has 104 valence electrons. The van der Waals surface area contributed by atoms with Crippen molar-refractivity contribution in [3.05, 3.63) is 69.2 Å². The van der Waals surface area contributed by atoms with E-state index in [1.165, 1.54) is 33.1 Å². The fraction of sp³-hybridized carbons (Fsp3) is 0.333. The highest BCUT2D eigenvalue weighted by Crippen LogP contribution is 2.41. The summed E-state index contributed by atoms with van der Waals surface area (Å²) < 4.78 is 1.21. The summed E-state index contributed by atoms with van der Waals surface area (Å²) in [6.07, 6.45) is 2.38. The third-order valence-corrected chi connectivity index (χ3v) is 5.05. The second-order valence-electron chi connectivity index (χ2n) is 5.70. The molecule has 1 N–H and O–H groups in total. The van der Waals surface area contributed by atoms with Crippen LogP contribution in [0.2, 0.25) is 0 Å². The van der Waals surface area contributed by atoms with Crippen molar-refractivity contribution in [2.45, 2.75) is 31.7 Å². The highest BCUT2D eigenvalue weighted by Gasteiger charge is 2.28. The van der Waals surface area contributed by atoms with Gasteiger partial charge in [0.1, 0.15) is 0 Å². The minimum absolute atomic E-state index is 0.406. The fourth-order valence-corrected chi connectivity index (χ4v) is 3.94. The summed E-state index contributed by atoms with van der Waals surface area (Å²) in [4.78, 5) is 0. The molecule has 0 fully saturated rings. The molecule has 2 atom stereocenters. The van der Waals surface area contributed by atoms with Gasteiger partial charge >= 0.3 is 0 Å². The van der Waals surface area contributed by atoms with E-state index in [0.717, 1.165) is 6.42 Å². The number of benzene rings is 2. The first-order valence-corrected chi connectivity index (χ1v) is 7.99. The lowest BCUT2D eigenvalue weighted by Gasteiger charge is -2.33. The summed E-state index contributed by atoms with van der Waals surface area (Å²) in [6, 6.07) is 15.9. The highest BCUT2D eigenvalue weighted by molar-refractivity contribution is 9.10. The zero-order chi connectivity index (χ0) is 14.1. The van der Waals surface area contributed by atoms with Crippen LogP contribution < -0.4 is 5.32 Å². The Morgan fingerprint density at radius 1 is 1.25 bits per heavy atom. The molecule has 0 saturated carbocycles. The van der Waals surface area contributed by atoms with Crippen molar-refractivity contribution in [2.24, 2.45) is 0 Å². The number of aryl methyl sites for hydroxylation is 1. The predicted octanol–water partition coefficient (Wildman–Crippen LogP) is 4.75. The average molecular weight is 330 g/mol. The van der Waals surface area contributed by atoms with Crippen molar-refractivity contribution < 1.29 is 0 Å². The first-order valence-electron chi connectivity index (χ1n) is 7.20. The van der Waals surface area contributed by atoms with E-state index in [4.69, 9.17) is 0 Å². The molecule has 2 unspecified atom stereocenters. The van der Waals surface area contributed by atoms with Gasteiger partial charge in [-0.15, -0.1) is 0 Å². The second kappa shape index (κ2) is 5.71. The minimum atomic E-state index is 0.406. The first kappa shape index (κ1) is 13.8. The maximum Gasteiger partial charge on any atom is 0.0334 e. The third-order valence-electron chi connectivity index (χ3n) is 4.36. The molecular formula is C18H20BrN. The molecule has 0 heterocycles. The van der Waals surface area contributed by atoms with Crippen LogP contribution in [0, 0.1) is 6.92 Å². The topological polar surface area (TPSA) is 12.0 Å². The van der Waals surface area contributed by atoms with Crippen LogP contribution >= 0.6 is 15.9 Å². The van der Waals surface area contributed by atoms with Gasteiger partial charge in [0.05, 0.1) is 0 Å². The molecule has 1 nitrogen and oxygen atoms in total. The van der Waals surface area contributed by atoms with E-state index in [9.17, 15) is 0 Å². The molecule has 2 aromatic carbocycles. The van der Waals surface area contributed by atoms with Crippen LogP contribution in [-0.2, 0) is 6.42 Å². The molecule has 0 saturated heterocycles. The van der Waals surface area contributed by atoms with Crippen molar-refractivity contribution in [1.82, 2.24) is 5.32 Å². The summed E-state index contributed by atoms with van der Waals surface area (Å²) in [5.74, 6) is 0.692. The van der Waals surface area contributed by atoms with Gasteiger partial charge in [-0.3, -0.25) is 0 Å². The number of rotatable bonds is 4. The Hall–Kier alpha value is -1.12. The Balaban J connectivity index is 1.79. The van der Waals surface area contributed by atoms with Crippen molar-refractivity contribution in [1.29, 1.82) is 0 Å². The van der Waals surface area contributed by atoms with Gasteiger partial charge in [-0.2, -0.15) is 0 Å². The van der Waals surface area contributed by atoms with E-state index in [-0.39, 0.29) is 0 Å².